The molecule has 2 heterocycles. The molecule has 7 heteroatoms. The molecular weight excluding hydrogens is 338 g/mol. The number of anilines is 2. The average molecular weight is 357 g/mol. The average Bonchev–Trinajstić information content (AvgIpc) is 2.98. The lowest BCUT2D eigenvalue weighted by Gasteiger charge is -2.08. The number of fused-ring (bicyclic) bond motifs is 1. The summed E-state index contributed by atoms with van der Waals surface area (Å²) in [7, 11) is 1.63. The summed E-state index contributed by atoms with van der Waals surface area (Å²) in [5.41, 5.74) is 8.50. The third-order valence-electron chi connectivity index (χ3n) is 3.64. The quantitative estimate of drug-likeness (QED) is 0.655. The summed E-state index contributed by atoms with van der Waals surface area (Å²) in [4.78, 5) is 16.7. The summed E-state index contributed by atoms with van der Waals surface area (Å²) >= 11 is 1.44. The molecule has 0 fully saturated rings. The molecule has 0 aliphatic heterocycles. The van der Waals surface area contributed by atoms with Gasteiger partial charge in [0.25, 0.3) is 0 Å². The molecule has 3 N–H and O–H groups in total. The number of thiophene rings is 1. The molecule has 0 spiro atoms. The van der Waals surface area contributed by atoms with Gasteiger partial charge in [0.1, 0.15) is 16.3 Å². The van der Waals surface area contributed by atoms with E-state index in [1.54, 1.807) is 20.2 Å². The van der Waals surface area contributed by atoms with Gasteiger partial charge in [-0.25, -0.2) is 4.79 Å². The Morgan fingerprint density at radius 3 is 2.76 bits per heavy atom. The number of hydrogen-bond acceptors (Lipinski definition) is 7. The highest BCUT2D eigenvalue weighted by atomic mass is 32.1. The third kappa shape index (κ3) is 3.66. The Hall–Kier alpha value is -2.80. The third-order valence-corrected chi connectivity index (χ3v) is 4.73. The van der Waals surface area contributed by atoms with Crippen molar-refractivity contribution in [1.82, 2.24) is 4.98 Å². The molecule has 25 heavy (non-hydrogen) atoms. The number of benzene rings is 1. The predicted molar refractivity (Wildman–Crippen MR) is 100 cm³/mol. The largest absolute Gasteiger partial charge is 0.497 e. The summed E-state index contributed by atoms with van der Waals surface area (Å²) in [6.07, 6.45) is 1.55. The topological polar surface area (TPSA) is 86.5 Å². The molecule has 0 saturated carbocycles. The minimum absolute atomic E-state index is 0.309. The molecule has 0 aliphatic carbocycles. The van der Waals surface area contributed by atoms with E-state index in [0.717, 1.165) is 21.0 Å². The Morgan fingerprint density at radius 1 is 1.32 bits per heavy atom. The van der Waals surface area contributed by atoms with Crippen molar-refractivity contribution in [3.63, 3.8) is 0 Å². The van der Waals surface area contributed by atoms with Crippen molar-refractivity contribution in [1.29, 1.82) is 0 Å². The van der Waals surface area contributed by atoms with Gasteiger partial charge in [-0.3, -0.25) is 4.98 Å². The highest BCUT2D eigenvalue weighted by Crippen LogP contribution is 2.36. The highest BCUT2D eigenvalue weighted by Gasteiger charge is 2.21. The molecule has 3 aromatic rings. The summed E-state index contributed by atoms with van der Waals surface area (Å²) < 4.78 is 11.2. The van der Waals surface area contributed by atoms with Crippen molar-refractivity contribution >= 4 is 38.2 Å². The molecule has 0 bridgehead atoms. The van der Waals surface area contributed by atoms with Crippen molar-refractivity contribution in [2.45, 2.75) is 13.5 Å². The fraction of sp³-hybridized carbons (Fsp3) is 0.222. The first-order valence-corrected chi connectivity index (χ1v) is 8.66. The number of nitrogens with zero attached hydrogens (tertiary/aromatic N) is 1. The molecule has 0 aliphatic rings. The van der Waals surface area contributed by atoms with Crippen molar-refractivity contribution in [2.24, 2.45) is 0 Å². The zero-order valence-corrected chi connectivity index (χ0v) is 14.9. The van der Waals surface area contributed by atoms with Gasteiger partial charge in [0.05, 0.1) is 35.8 Å². The van der Waals surface area contributed by atoms with Crippen molar-refractivity contribution in [3.05, 3.63) is 47.7 Å². The van der Waals surface area contributed by atoms with Gasteiger partial charge in [-0.1, -0.05) is 12.1 Å². The fourth-order valence-electron chi connectivity index (χ4n) is 2.44. The number of carbonyl (C=O) groups is 1. The van der Waals surface area contributed by atoms with Crippen molar-refractivity contribution < 1.29 is 14.3 Å². The van der Waals surface area contributed by atoms with Crippen LogP contribution in [-0.2, 0) is 11.3 Å². The number of nitrogens with two attached hydrogens (primary N) is 1. The molecule has 0 unspecified atom stereocenters. The SMILES string of the molecule is CCOC(=O)c1c(NCc2ccc(OC)cc2)sc2cc(N)cnc12. The number of methoxy groups -OCH3 is 1. The Bertz CT molecular complexity index is 890. The first-order chi connectivity index (χ1) is 12.1. The van der Waals surface area contributed by atoms with Crippen molar-refractivity contribution in [3.8, 4) is 5.75 Å². The van der Waals surface area contributed by atoms with Gasteiger partial charge in [-0.15, -0.1) is 11.3 Å². The van der Waals surface area contributed by atoms with E-state index in [2.05, 4.69) is 10.3 Å². The molecule has 2 aromatic heterocycles. The van der Waals surface area contributed by atoms with E-state index in [1.165, 1.54) is 11.3 Å². The van der Waals surface area contributed by atoms with Crippen LogP contribution in [0.3, 0.4) is 0 Å². The van der Waals surface area contributed by atoms with Gasteiger partial charge in [0, 0.05) is 6.54 Å². The van der Waals surface area contributed by atoms with Gasteiger partial charge in [0.15, 0.2) is 0 Å². The second kappa shape index (κ2) is 7.40. The Morgan fingerprint density at radius 2 is 2.08 bits per heavy atom. The van der Waals surface area contributed by atoms with Crippen LogP contribution in [0.5, 0.6) is 5.75 Å². The second-order valence-electron chi connectivity index (χ2n) is 5.34. The van der Waals surface area contributed by atoms with E-state index >= 15 is 0 Å². The minimum atomic E-state index is -0.386. The first kappa shape index (κ1) is 17.0. The molecular formula is C18H19N3O3S. The standard InChI is InChI=1S/C18H19N3O3S/c1-3-24-18(22)15-16-14(8-12(19)10-20-16)25-17(15)21-9-11-4-6-13(23-2)7-5-11/h4-8,10,21H,3,9,19H2,1-2H3. The van der Waals surface area contributed by atoms with Crippen LogP contribution in [0.2, 0.25) is 0 Å². The number of esters is 1. The predicted octanol–water partition coefficient (Wildman–Crippen LogP) is 3.68. The number of nitrogen functional groups attached to an aromatic ring is 1. The van der Waals surface area contributed by atoms with Gasteiger partial charge in [0.2, 0.25) is 0 Å². The number of aromatic nitrogens is 1. The fourth-order valence-corrected chi connectivity index (χ4v) is 3.53. The maximum absolute atomic E-state index is 12.4. The molecule has 6 nitrogen and oxygen atoms in total. The Labute approximate surface area is 149 Å². The maximum atomic E-state index is 12.4. The van der Waals surface area contributed by atoms with E-state index in [0.29, 0.717) is 29.9 Å². The van der Waals surface area contributed by atoms with Crippen LogP contribution in [0, 0.1) is 0 Å². The lowest BCUT2D eigenvalue weighted by atomic mass is 10.2. The lowest BCUT2D eigenvalue weighted by molar-refractivity contribution is 0.0530. The minimum Gasteiger partial charge on any atom is -0.497 e. The Kier molecular flexibility index (Phi) is 5.04. The second-order valence-corrected chi connectivity index (χ2v) is 6.40. The number of carbonyl (C=O) groups excluding carboxylic acids is 1. The normalized spacial score (nSPS) is 10.6. The van der Waals surface area contributed by atoms with E-state index < -0.39 is 0 Å². The van der Waals surface area contributed by atoms with Crippen LogP contribution in [0.1, 0.15) is 22.8 Å². The molecule has 0 atom stereocenters. The molecule has 130 valence electrons. The monoisotopic (exact) mass is 357 g/mol. The zero-order valence-electron chi connectivity index (χ0n) is 14.0. The maximum Gasteiger partial charge on any atom is 0.343 e. The van der Waals surface area contributed by atoms with Gasteiger partial charge < -0.3 is 20.5 Å². The van der Waals surface area contributed by atoms with Crippen LogP contribution in [0.4, 0.5) is 10.7 Å². The lowest BCUT2D eigenvalue weighted by Crippen LogP contribution is -2.08. The molecule has 0 radical (unpaired) electrons. The molecule has 0 saturated heterocycles. The number of nitrogens with one attached hydrogen (secondary N) is 1. The smallest absolute Gasteiger partial charge is 0.343 e. The number of hydrogen-bond donors (Lipinski definition) is 2. The molecule has 1 aromatic carbocycles. The Balaban J connectivity index is 1.90. The molecule has 0 amide bonds. The first-order valence-electron chi connectivity index (χ1n) is 7.84. The number of ether oxygens (including phenoxy) is 2. The van der Waals surface area contributed by atoms with Crippen LogP contribution >= 0.6 is 11.3 Å². The van der Waals surface area contributed by atoms with Crippen LogP contribution in [0.15, 0.2) is 36.5 Å². The van der Waals surface area contributed by atoms with Gasteiger partial charge in [-0.05, 0) is 30.7 Å². The number of pyridine rings is 1. The molecule has 3 rings (SSSR count). The summed E-state index contributed by atoms with van der Waals surface area (Å²) in [5.74, 6) is 0.417. The van der Waals surface area contributed by atoms with Gasteiger partial charge >= 0.3 is 5.97 Å². The van der Waals surface area contributed by atoms with E-state index in [-0.39, 0.29) is 5.97 Å². The van der Waals surface area contributed by atoms with Crippen molar-refractivity contribution in [2.75, 3.05) is 24.8 Å². The highest BCUT2D eigenvalue weighted by molar-refractivity contribution is 7.23. The van der Waals surface area contributed by atoms with Crippen LogP contribution in [0.25, 0.3) is 10.2 Å². The van der Waals surface area contributed by atoms with Crippen LogP contribution < -0.4 is 15.8 Å². The number of rotatable bonds is 6. The summed E-state index contributed by atoms with van der Waals surface area (Å²) in [6.45, 7) is 2.66. The van der Waals surface area contributed by atoms with Crippen LogP contribution in [-0.4, -0.2) is 24.7 Å². The van der Waals surface area contributed by atoms with E-state index in [9.17, 15) is 4.79 Å². The summed E-state index contributed by atoms with van der Waals surface area (Å²) in [5, 5.41) is 4.04. The summed E-state index contributed by atoms with van der Waals surface area (Å²) in [6, 6.07) is 9.56. The van der Waals surface area contributed by atoms with E-state index in [1.807, 2.05) is 30.3 Å². The van der Waals surface area contributed by atoms with Gasteiger partial charge in [-0.2, -0.15) is 0 Å². The van der Waals surface area contributed by atoms with E-state index in [4.69, 9.17) is 15.2 Å². The zero-order chi connectivity index (χ0) is 17.8.